The van der Waals surface area contributed by atoms with Crippen LogP contribution in [0.2, 0.25) is 0 Å². The van der Waals surface area contributed by atoms with Gasteiger partial charge in [0.2, 0.25) is 23.6 Å². The molecule has 0 aliphatic rings. The van der Waals surface area contributed by atoms with E-state index in [1.54, 1.807) is 0 Å². The number of aliphatic hydroxyl groups excluding tert-OH is 1. The van der Waals surface area contributed by atoms with Crippen LogP contribution in [0.4, 0.5) is 0 Å². The number of aliphatic carboxylic acids is 1. The molecule has 4 atom stereocenters. The Morgan fingerprint density at radius 3 is 1.69 bits per heavy atom. The Balaban J connectivity index is 2.22. The summed E-state index contributed by atoms with van der Waals surface area (Å²) in [5.41, 5.74) is 11.6. The van der Waals surface area contributed by atoms with Crippen LogP contribution in [0.15, 0.2) is 25.0 Å². The summed E-state index contributed by atoms with van der Waals surface area (Å²) in [5.74, 6) is -4.82. The molecule has 4 amide bonds. The van der Waals surface area contributed by atoms with Crippen LogP contribution < -0.4 is 27.4 Å². The van der Waals surface area contributed by atoms with Gasteiger partial charge < -0.3 is 47.6 Å². The lowest BCUT2D eigenvalue weighted by atomic mass is 10.1. The number of H-pyrrole nitrogens is 2. The van der Waals surface area contributed by atoms with Crippen LogP contribution >= 0.6 is 0 Å². The summed E-state index contributed by atoms with van der Waals surface area (Å²) in [6.45, 7) is -0.873. The van der Waals surface area contributed by atoms with Gasteiger partial charge in [0.05, 0.1) is 31.7 Å². The van der Waals surface area contributed by atoms with E-state index in [0.29, 0.717) is 11.4 Å². The second-order valence-electron chi connectivity index (χ2n) is 7.54. The first-order valence-corrected chi connectivity index (χ1v) is 10.3. The molecule has 2 rings (SSSR count). The lowest BCUT2D eigenvalue weighted by Gasteiger charge is -2.24. The van der Waals surface area contributed by atoms with Crippen LogP contribution in [-0.4, -0.2) is 90.5 Å². The summed E-state index contributed by atoms with van der Waals surface area (Å²) in [6, 6.07) is -5.48. The molecule has 2 aromatic rings. The van der Waals surface area contributed by atoms with Crippen molar-refractivity contribution >= 4 is 29.6 Å². The maximum Gasteiger partial charge on any atom is 0.328 e. The number of carbonyl (C=O) groups is 5. The first kappa shape index (κ1) is 26.9. The quantitative estimate of drug-likeness (QED) is 0.122. The van der Waals surface area contributed by atoms with Gasteiger partial charge >= 0.3 is 5.97 Å². The zero-order valence-electron chi connectivity index (χ0n) is 18.4. The molecule has 0 fully saturated rings. The molecule has 0 aromatic carbocycles. The number of aliphatic hydroxyl groups is 1. The Morgan fingerprint density at radius 1 is 0.857 bits per heavy atom. The van der Waals surface area contributed by atoms with Crippen LogP contribution in [-0.2, 0) is 36.8 Å². The smallest absolute Gasteiger partial charge is 0.328 e. The molecule has 0 bridgehead atoms. The summed E-state index contributed by atoms with van der Waals surface area (Å²) in [7, 11) is 0. The van der Waals surface area contributed by atoms with Gasteiger partial charge in [-0.05, 0) is 0 Å². The zero-order valence-corrected chi connectivity index (χ0v) is 18.4. The topological polar surface area (TPSA) is 271 Å². The second kappa shape index (κ2) is 12.8. The highest BCUT2D eigenvalue weighted by molar-refractivity contribution is 5.95. The minimum atomic E-state index is -1.60. The van der Waals surface area contributed by atoms with Crippen molar-refractivity contribution in [3.8, 4) is 0 Å². The number of hydrogen-bond acceptors (Lipinski definition) is 9. The fourth-order valence-electron chi connectivity index (χ4n) is 2.97. The number of imidazole rings is 2. The van der Waals surface area contributed by atoms with Crippen LogP contribution in [0.1, 0.15) is 17.8 Å². The fourth-order valence-corrected chi connectivity index (χ4v) is 2.97. The van der Waals surface area contributed by atoms with Gasteiger partial charge in [0.25, 0.3) is 0 Å². The third-order valence-corrected chi connectivity index (χ3v) is 4.78. The Bertz CT molecular complexity index is 1010. The molecule has 0 aliphatic carbocycles. The Kier molecular flexibility index (Phi) is 9.85. The van der Waals surface area contributed by atoms with Crippen molar-refractivity contribution in [1.82, 2.24) is 35.9 Å². The van der Waals surface area contributed by atoms with E-state index in [2.05, 4.69) is 35.9 Å². The van der Waals surface area contributed by atoms with Crippen LogP contribution in [0.25, 0.3) is 0 Å². The lowest BCUT2D eigenvalue weighted by Crippen LogP contribution is -2.58. The minimum absolute atomic E-state index is 0.0757. The van der Waals surface area contributed by atoms with Crippen molar-refractivity contribution in [2.24, 2.45) is 11.5 Å². The van der Waals surface area contributed by atoms with E-state index < -0.39 is 66.8 Å². The molecule has 0 saturated carbocycles. The number of nitrogens with zero attached hydrogens (tertiary/aromatic N) is 2. The number of primary amides is 1. The number of rotatable bonds is 14. The SMILES string of the molecule is NC(=O)CC(N)C(=O)NC(Cc1cnc[nH]1)C(=O)NC(Cc1cnc[nH]1)C(=O)NC(CO)C(=O)O. The lowest BCUT2D eigenvalue weighted by molar-refractivity contribution is -0.143. The molecule has 16 heteroatoms. The van der Waals surface area contributed by atoms with E-state index in [1.165, 1.54) is 25.0 Å². The van der Waals surface area contributed by atoms with Crippen molar-refractivity contribution in [3.05, 3.63) is 36.4 Å². The molecule has 35 heavy (non-hydrogen) atoms. The van der Waals surface area contributed by atoms with Crippen molar-refractivity contribution in [2.75, 3.05) is 6.61 Å². The summed E-state index contributed by atoms with van der Waals surface area (Å²) < 4.78 is 0. The Morgan fingerprint density at radius 2 is 1.31 bits per heavy atom. The molecule has 11 N–H and O–H groups in total. The average Bonchev–Trinajstić information content (AvgIpc) is 3.49. The molecule has 190 valence electrons. The molecule has 2 heterocycles. The third-order valence-electron chi connectivity index (χ3n) is 4.78. The molecule has 2 aromatic heterocycles. The van der Waals surface area contributed by atoms with Crippen molar-refractivity contribution in [2.45, 2.75) is 43.4 Å². The van der Waals surface area contributed by atoms with Gasteiger partial charge in [-0.25, -0.2) is 14.8 Å². The van der Waals surface area contributed by atoms with Crippen molar-refractivity contribution < 1.29 is 34.2 Å². The molecule has 0 saturated heterocycles. The van der Waals surface area contributed by atoms with Gasteiger partial charge in [-0.2, -0.15) is 0 Å². The van der Waals surface area contributed by atoms with E-state index in [9.17, 15) is 29.1 Å². The predicted molar refractivity (Wildman–Crippen MR) is 117 cm³/mol. The van der Waals surface area contributed by atoms with Gasteiger partial charge in [0, 0.05) is 36.6 Å². The monoisotopic (exact) mass is 493 g/mol. The van der Waals surface area contributed by atoms with Crippen LogP contribution in [0, 0.1) is 0 Å². The zero-order chi connectivity index (χ0) is 26.0. The minimum Gasteiger partial charge on any atom is -0.480 e. The highest BCUT2D eigenvalue weighted by atomic mass is 16.4. The standard InChI is InChI=1S/C19H27N9O7/c20-11(3-15(21)30)16(31)26-12(1-9-4-22-7-24-9)17(32)27-13(2-10-5-23-8-25-10)18(33)28-14(6-29)19(34)35/h4-5,7-8,11-14,29H,1-3,6,20H2,(H2,21,30)(H,22,24)(H,23,25)(H,26,31)(H,27,32)(H,28,33)(H,34,35). The molecular formula is C19H27N9O7. The molecule has 0 radical (unpaired) electrons. The number of nitrogens with one attached hydrogen (secondary N) is 5. The summed E-state index contributed by atoms with van der Waals surface area (Å²) in [5, 5.41) is 25.3. The largest absolute Gasteiger partial charge is 0.480 e. The number of aromatic amines is 2. The number of carboxylic acid groups (broad SMARTS) is 1. The third kappa shape index (κ3) is 8.52. The van der Waals surface area contributed by atoms with Gasteiger partial charge in [-0.1, -0.05) is 0 Å². The summed E-state index contributed by atoms with van der Waals surface area (Å²) in [4.78, 5) is 73.8. The molecular weight excluding hydrogens is 466 g/mol. The van der Waals surface area contributed by atoms with Gasteiger partial charge in [-0.15, -0.1) is 0 Å². The predicted octanol–water partition coefficient (Wildman–Crippen LogP) is -4.35. The normalized spacial score (nSPS) is 14.2. The van der Waals surface area contributed by atoms with Gasteiger partial charge in [0.1, 0.15) is 18.1 Å². The van der Waals surface area contributed by atoms with Crippen molar-refractivity contribution in [1.29, 1.82) is 0 Å². The molecule has 16 nitrogen and oxygen atoms in total. The number of amides is 4. The second-order valence-corrected chi connectivity index (χ2v) is 7.54. The maximum atomic E-state index is 13.1. The number of hydrogen-bond donors (Lipinski definition) is 9. The van der Waals surface area contributed by atoms with Crippen molar-refractivity contribution in [3.63, 3.8) is 0 Å². The number of aromatic nitrogens is 4. The molecule has 0 aliphatic heterocycles. The number of carboxylic acids is 1. The highest BCUT2D eigenvalue weighted by Gasteiger charge is 2.31. The van der Waals surface area contributed by atoms with E-state index in [4.69, 9.17) is 16.6 Å². The Hall–Kier alpha value is -4.31. The number of nitrogens with two attached hydrogens (primary N) is 2. The number of carbonyl (C=O) groups excluding carboxylic acids is 4. The average molecular weight is 493 g/mol. The Labute approximate surface area is 198 Å². The summed E-state index contributed by atoms with van der Waals surface area (Å²) >= 11 is 0. The molecule has 4 unspecified atom stereocenters. The van der Waals surface area contributed by atoms with Crippen LogP contribution in [0.3, 0.4) is 0 Å². The van der Waals surface area contributed by atoms with Crippen LogP contribution in [0.5, 0.6) is 0 Å². The van der Waals surface area contributed by atoms with E-state index in [-0.39, 0.29) is 12.8 Å². The maximum absolute atomic E-state index is 13.1. The summed E-state index contributed by atoms with van der Waals surface area (Å²) in [6.07, 6.45) is 4.90. The van der Waals surface area contributed by atoms with E-state index >= 15 is 0 Å². The van der Waals surface area contributed by atoms with E-state index in [1.807, 2.05) is 0 Å². The van der Waals surface area contributed by atoms with E-state index in [0.717, 1.165) is 0 Å². The highest BCUT2D eigenvalue weighted by Crippen LogP contribution is 2.04. The van der Waals surface area contributed by atoms with Gasteiger partial charge in [-0.3, -0.25) is 19.2 Å². The first-order chi connectivity index (χ1) is 16.6. The molecule has 0 spiro atoms. The first-order valence-electron chi connectivity index (χ1n) is 10.3. The fraction of sp³-hybridized carbons (Fsp3) is 0.421. The van der Waals surface area contributed by atoms with Gasteiger partial charge in [0.15, 0.2) is 0 Å².